The number of imidazole rings is 1. The van der Waals surface area contributed by atoms with Crippen LogP contribution in [0.3, 0.4) is 0 Å². The molecule has 0 saturated carbocycles. The summed E-state index contributed by atoms with van der Waals surface area (Å²) in [6, 6.07) is 4.00. The molecule has 4 unspecified atom stereocenters. The van der Waals surface area contributed by atoms with Crippen molar-refractivity contribution >= 4 is 29.6 Å². The number of unbranched alkanes of at least 4 members (excludes halogenated alkanes) is 1. The van der Waals surface area contributed by atoms with Gasteiger partial charge in [-0.1, -0.05) is 30.3 Å². The molecular formula is C25H36N8O6. The minimum absolute atomic E-state index is 0.0304. The predicted molar refractivity (Wildman–Crippen MR) is 141 cm³/mol. The fraction of sp³-hybridized carbons (Fsp3) is 0.440. The zero-order valence-corrected chi connectivity index (χ0v) is 21.5. The summed E-state index contributed by atoms with van der Waals surface area (Å²) < 4.78 is 0. The van der Waals surface area contributed by atoms with E-state index in [1.54, 1.807) is 30.3 Å². The van der Waals surface area contributed by atoms with Crippen molar-refractivity contribution in [2.75, 3.05) is 6.54 Å². The molecule has 11 N–H and O–H groups in total. The molecule has 0 saturated heterocycles. The molecule has 212 valence electrons. The number of aromatic nitrogens is 2. The van der Waals surface area contributed by atoms with Crippen LogP contribution in [0.25, 0.3) is 0 Å². The summed E-state index contributed by atoms with van der Waals surface area (Å²) in [6.07, 6.45) is 3.71. The average Bonchev–Trinajstić information content (AvgIpc) is 3.40. The van der Waals surface area contributed by atoms with Gasteiger partial charge < -0.3 is 43.2 Å². The first-order valence-corrected chi connectivity index (χ1v) is 12.5. The molecule has 1 heterocycles. The molecule has 2 aromatic rings. The number of aromatic amines is 1. The van der Waals surface area contributed by atoms with Crippen molar-refractivity contribution in [1.82, 2.24) is 25.9 Å². The molecular weight excluding hydrogens is 508 g/mol. The summed E-state index contributed by atoms with van der Waals surface area (Å²) in [5.74, 6) is -4.22. The fourth-order valence-corrected chi connectivity index (χ4v) is 3.77. The lowest BCUT2D eigenvalue weighted by molar-refractivity contribution is -0.142. The highest BCUT2D eigenvalue weighted by molar-refractivity contribution is 5.95. The van der Waals surface area contributed by atoms with Crippen LogP contribution >= 0.6 is 0 Å². The minimum Gasteiger partial charge on any atom is -0.480 e. The average molecular weight is 545 g/mol. The Morgan fingerprint density at radius 1 is 0.897 bits per heavy atom. The van der Waals surface area contributed by atoms with Crippen molar-refractivity contribution in [2.45, 2.75) is 62.7 Å². The van der Waals surface area contributed by atoms with Gasteiger partial charge in [0.05, 0.1) is 18.8 Å². The molecule has 0 bridgehead atoms. The lowest BCUT2D eigenvalue weighted by atomic mass is 10.0. The van der Waals surface area contributed by atoms with Gasteiger partial charge in [-0.05, 0) is 31.4 Å². The molecule has 0 aliphatic carbocycles. The van der Waals surface area contributed by atoms with E-state index in [1.165, 1.54) is 12.5 Å². The number of carbonyl (C=O) groups is 5. The van der Waals surface area contributed by atoms with Gasteiger partial charge in [0.2, 0.25) is 23.6 Å². The summed E-state index contributed by atoms with van der Waals surface area (Å²) >= 11 is 0. The van der Waals surface area contributed by atoms with Crippen LogP contribution in [-0.2, 0) is 36.8 Å². The highest BCUT2D eigenvalue weighted by atomic mass is 16.4. The Balaban J connectivity index is 2.25. The molecule has 4 atom stereocenters. The van der Waals surface area contributed by atoms with E-state index in [0.29, 0.717) is 30.6 Å². The van der Waals surface area contributed by atoms with Crippen molar-refractivity contribution in [1.29, 1.82) is 0 Å². The molecule has 1 aromatic heterocycles. The standard InChI is InChI=1S/C25H36N8O6/c26-9-5-4-8-18(25(38)39)31-23(36)19(10-15-6-2-1-3-7-15)33-24(37)20(11-16-13-29-14-30-16)32-22(35)17(27)12-21(28)34/h1-3,6-7,13-14,17-20H,4-5,8-12,26-27H2,(H2,28,34)(H,29,30)(H,31,36)(H,32,35)(H,33,37)(H,38,39). The topological polar surface area (TPSA) is 248 Å². The third-order valence-corrected chi connectivity index (χ3v) is 5.85. The Hall–Kier alpha value is -4.30. The number of carboxylic acid groups (broad SMARTS) is 1. The third-order valence-electron chi connectivity index (χ3n) is 5.85. The number of primary amides is 1. The van der Waals surface area contributed by atoms with Crippen LogP contribution in [0.15, 0.2) is 42.9 Å². The van der Waals surface area contributed by atoms with Gasteiger partial charge in [-0.3, -0.25) is 19.2 Å². The molecule has 4 amide bonds. The summed E-state index contributed by atoms with van der Waals surface area (Å²) in [7, 11) is 0. The van der Waals surface area contributed by atoms with Crippen molar-refractivity contribution < 1.29 is 29.1 Å². The van der Waals surface area contributed by atoms with E-state index in [4.69, 9.17) is 17.2 Å². The van der Waals surface area contributed by atoms with Gasteiger partial charge in [-0.2, -0.15) is 0 Å². The molecule has 0 radical (unpaired) electrons. The molecule has 0 aliphatic rings. The Kier molecular flexibility index (Phi) is 12.6. The third kappa shape index (κ3) is 10.9. The number of hydrogen-bond donors (Lipinski definition) is 8. The van der Waals surface area contributed by atoms with Gasteiger partial charge in [0.15, 0.2) is 0 Å². The summed E-state index contributed by atoms with van der Waals surface area (Å²) in [6.45, 7) is 0.388. The van der Waals surface area contributed by atoms with E-state index in [1.807, 2.05) is 0 Å². The maximum atomic E-state index is 13.4. The van der Waals surface area contributed by atoms with Crippen molar-refractivity contribution in [3.05, 3.63) is 54.1 Å². The molecule has 0 spiro atoms. The lowest BCUT2D eigenvalue weighted by Gasteiger charge is -2.25. The van der Waals surface area contributed by atoms with Crippen molar-refractivity contribution in [3.63, 3.8) is 0 Å². The van der Waals surface area contributed by atoms with Crippen LogP contribution in [0.2, 0.25) is 0 Å². The normalized spacial score (nSPS) is 13.9. The van der Waals surface area contributed by atoms with Gasteiger partial charge in [0.25, 0.3) is 0 Å². The van der Waals surface area contributed by atoms with E-state index in [0.717, 1.165) is 0 Å². The number of aliphatic carboxylic acids is 1. The van der Waals surface area contributed by atoms with Gasteiger partial charge >= 0.3 is 5.97 Å². The number of benzene rings is 1. The highest BCUT2D eigenvalue weighted by Gasteiger charge is 2.31. The largest absolute Gasteiger partial charge is 0.480 e. The number of nitrogens with one attached hydrogen (secondary N) is 4. The number of hydrogen-bond acceptors (Lipinski definition) is 8. The minimum atomic E-state index is -1.28. The van der Waals surface area contributed by atoms with Gasteiger partial charge in [0, 0.05) is 24.7 Å². The number of nitrogens with zero attached hydrogens (tertiary/aromatic N) is 1. The van der Waals surface area contributed by atoms with E-state index >= 15 is 0 Å². The lowest BCUT2D eigenvalue weighted by Crippen LogP contribution is -2.58. The monoisotopic (exact) mass is 544 g/mol. The Bertz CT molecular complexity index is 1100. The Morgan fingerprint density at radius 2 is 1.51 bits per heavy atom. The van der Waals surface area contributed by atoms with Crippen LogP contribution in [-0.4, -0.2) is 75.4 Å². The number of rotatable bonds is 17. The van der Waals surface area contributed by atoms with Crippen LogP contribution in [0, 0.1) is 0 Å². The fourth-order valence-electron chi connectivity index (χ4n) is 3.77. The van der Waals surface area contributed by atoms with Crippen LogP contribution < -0.4 is 33.2 Å². The first-order chi connectivity index (χ1) is 18.6. The molecule has 39 heavy (non-hydrogen) atoms. The van der Waals surface area contributed by atoms with Crippen molar-refractivity contribution in [3.8, 4) is 0 Å². The number of amides is 4. The van der Waals surface area contributed by atoms with E-state index in [2.05, 4.69) is 25.9 Å². The van der Waals surface area contributed by atoms with Crippen molar-refractivity contribution in [2.24, 2.45) is 17.2 Å². The molecule has 14 nitrogen and oxygen atoms in total. The summed E-state index contributed by atoms with van der Waals surface area (Å²) in [5.41, 5.74) is 17.6. The molecule has 0 aliphatic heterocycles. The molecule has 0 fully saturated rings. The summed E-state index contributed by atoms with van der Waals surface area (Å²) in [5, 5.41) is 17.2. The van der Waals surface area contributed by atoms with E-state index in [9.17, 15) is 29.1 Å². The Labute approximate surface area is 225 Å². The van der Waals surface area contributed by atoms with Gasteiger partial charge in [0.1, 0.15) is 18.1 Å². The molecule has 1 aromatic carbocycles. The van der Waals surface area contributed by atoms with Crippen LogP contribution in [0.4, 0.5) is 0 Å². The number of H-pyrrole nitrogens is 1. The maximum Gasteiger partial charge on any atom is 0.326 e. The first-order valence-electron chi connectivity index (χ1n) is 12.5. The highest BCUT2D eigenvalue weighted by Crippen LogP contribution is 2.08. The molecule has 14 heteroatoms. The zero-order valence-electron chi connectivity index (χ0n) is 21.5. The SMILES string of the molecule is NCCCCC(NC(=O)C(Cc1ccccc1)NC(=O)C(Cc1cnc[nH]1)NC(=O)C(N)CC(N)=O)C(=O)O. The smallest absolute Gasteiger partial charge is 0.326 e. The molecule has 2 rings (SSSR count). The maximum absolute atomic E-state index is 13.4. The number of nitrogens with two attached hydrogens (primary N) is 3. The number of carboxylic acids is 1. The second-order valence-corrected chi connectivity index (χ2v) is 9.05. The van der Waals surface area contributed by atoms with Crippen LogP contribution in [0.1, 0.15) is 36.9 Å². The van der Waals surface area contributed by atoms with E-state index in [-0.39, 0.29) is 19.3 Å². The van der Waals surface area contributed by atoms with E-state index < -0.39 is 60.2 Å². The number of carbonyl (C=O) groups excluding carboxylic acids is 4. The second kappa shape index (κ2) is 15.8. The van der Waals surface area contributed by atoms with Gasteiger partial charge in [-0.15, -0.1) is 0 Å². The Morgan fingerprint density at radius 3 is 2.08 bits per heavy atom. The quantitative estimate of drug-likeness (QED) is 0.103. The van der Waals surface area contributed by atoms with Crippen LogP contribution in [0.5, 0.6) is 0 Å². The first kappa shape index (κ1) is 30.9. The predicted octanol–water partition coefficient (Wildman–Crippen LogP) is -1.93. The summed E-state index contributed by atoms with van der Waals surface area (Å²) in [4.78, 5) is 68.9. The zero-order chi connectivity index (χ0) is 28.8. The van der Waals surface area contributed by atoms with Gasteiger partial charge in [-0.25, -0.2) is 9.78 Å². The second-order valence-electron chi connectivity index (χ2n) is 9.05.